The zero-order valence-corrected chi connectivity index (χ0v) is 11.5. The van der Waals surface area contributed by atoms with Crippen LogP contribution in [0.1, 0.15) is 18.4 Å². The number of benzene rings is 1. The van der Waals surface area contributed by atoms with Crippen LogP contribution in [0.3, 0.4) is 0 Å². The topological polar surface area (TPSA) is 52.6 Å². The SMILES string of the molecule is CN(CC1CC(O)C1)C(=O)Nc1ccc(C(F)(F)F)cc1. The second-order valence-electron chi connectivity index (χ2n) is 5.38. The van der Waals surface area contributed by atoms with Crippen LogP contribution in [0.2, 0.25) is 0 Å². The predicted octanol–water partition coefficient (Wildman–Crippen LogP) is 2.94. The lowest BCUT2D eigenvalue weighted by atomic mass is 9.82. The Bertz CT molecular complexity index is 496. The van der Waals surface area contributed by atoms with E-state index < -0.39 is 11.7 Å². The third-order valence-corrected chi connectivity index (χ3v) is 3.55. The fourth-order valence-corrected chi connectivity index (χ4v) is 2.28. The Labute approximate surface area is 120 Å². The number of amides is 2. The maximum Gasteiger partial charge on any atom is 0.416 e. The summed E-state index contributed by atoms with van der Waals surface area (Å²) in [4.78, 5) is 13.3. The third-order valence-electron chi connectivity index (χ3n) is 3.55. The maximum atomic E-state index is 12.4. The van der Waals surface area contributed by atoms with Crippen LogP contribution in [0.15, 0.2) is 24.3 Å². The molecule has 1 aliphatic rings. The van der Waals surface area contributed by atoms with Crippen LogP contribution in [-0.4, -0.2) is 35.7 Å². The molecule has 1 aliphatic carbocycles. The molecule has 2 amide bonds. The van der Waals surface area contributed by atoms with E-state index in [1.165, 1.54) is 17.0 Å². The normalized spacial score (nSPS) is 21.6. The Morgan fingerprint density at radius 1 is 1.33 bits per heavy atom. The molecule has 0 spiro atoms. The number of carbonyl (C=O) groups is 1. The number of hydrogen-bond acceptors (Lipinski definition) is 2. The molecule has 2 N–H and O–H groups in total. The standard InChI is InChI=1S/C14H17F3N2O2/c1-19(8-9-6-12(20)7-9)13(21)18-11-4-2-10(3-5-11)14(15,16)17/h2-5,9,12,20H,6-8H2,1H3,(H,18,21). The molecular weight excluding hydrogens is 285 g/mol. The molecule has 0 unspecified atom stereocenters. The summed E-state index contributed by atoms with van der Waals surface area (Å²) in [5.74, 6) is 0.281. The van der Waals surface area contributed by atoms with Crippen molar-refractivity contribution in [3.63, 3.8) is 0 Å². The molecule has 2 rings (SSSR count). The van der Waals surface area contributed by atoms with Gasteiger partial charge in [-0.3, -0.25) is 0 Å². The Hall–Kier alpha value is -1.76. The Morgan fingerprint density at radius 2 is 1.90 bits per heavy atom. The van der Waals surface area contributed by atoms with Crippen LogP contribution in [-0.2, 0) is 6.18 Å². The van der Waals surface area contributed by atoms with Gasteiger partial charge in [-0.05, 0) is 43.0 Å². The van der Waals surface area contributed by atoms with Gasteiger partial charge >= 0.3 is 12.2 Å². The molecule has 1 aromatic rings. The third kappa shape index (κ3) is 4.10. The van der Waals surface area contributed by atoms with E-state index in [1.807, 2.05) is 0 Å². The van der Waals surface area contributed by atoms with Gasteiger partial charge in [0.15, 0.2) is 0 Å². The molecule has 0 bridgehead atoms. The van der Waals surface area contributed by atoms with Gasteiger partial charge in [0, 0.05) is 19.3 Å². The number of nitrogens with one attached hydrogen (secondary N) is 1. The van der Waals surface area contributed by atoms with Crippen molar-refractivity contribution in [1.82, 2.24) is 4.90 Å². The molecule has 1 fully saturated rings. The zero-order valence-electron chi connectivity index (χ0n) is 11.5. The van der Waals surface area contributed by atoms with Gasteiger partial charge in [-0.15, -0.1) is 0 Å². The lowest BCUT2D eigenvalue weighted by molar-refractivity contribution is -0.137. The average molecular weight is 302 g/mol. The lowest BCUT2D eigenvalue weighted by Crippen LogP contribution is -2.41. The minimum atomic E-state index is -4.38. The first-order valence-corrected chi connectivity index (χ1v) is 6.63. The summed E-state index contributed by atoms with van der Waals surface area (Å²) >= 11 is 0. The monoisotopic (exact) mass is 302 g/mol. The van der Waals surface area contributed by atoms with Gasteiger partial charge in [-0.1, -0.05) is 0 Å². The molecular formula is C14H17F3N2O2. The highest BCUT2D eigenvalue weighted by molar-refractivity contribution is 5.89. The highest BCUT2D eigenvalue weighted by atomic mass is 19.4. The number of nitrogens with zero attached hydrogens (tertiary/aromatic N) is 1. The van der Waals surface area contributed by atoms with Crippen LogP contribution < -0.4 is 5.32 Å². The number of anilines is 1. The number of rotatable bonds is 3. The van der Waals surface area contributed by atoms with Crippen molar-refractivity contribution < 1.29 is 23.1 Å². The van der Waals surface area contributed by atoms with Gasteiger partial charge in [0.2, 0.25) is 0 Å². The van der Waals surface area contributed by atoms with Gasteiger partial charge in [-0.25, -0.2) is 4.79 Å². The van der Waals surface area contributed by atoms with Crippen LogP contribution in [0, 0.1) is 5.92 Å². The van der Waals surface area contributed by atoms with E-state index in [9.17, 15) is 23.1 Å². The second kappa shape index (κ2) is 5.93. The van der Waals surface area contributed by atoms with Crippen LogP contribution >= 0.6 is 0 Å². The molecule has 4 nitrogen and oxygen atoms in total. The fourth-order valence-electron chi connectivity index (χ4n) is 2.28. The maximum absolute atomic E-state index is 12.4. The molecule has 1 saturated carbocycles. The molecule has 0 radical (unpaired) electrons. The van der Waals surface area contributed by atoms with Gasteiger partial charge < -0.3 is 15.3 Å². The summed E-state index contributed by atoms with van der Waals surface area (Å²) in [5, 5.41) is 11.7. The van der Waals surface area contributed by atoms with Crippen LogP contribution in [0.5, 0.6) is 0 Å². The zero-order chi connectivity index (χ0) is 15.6. The van der Waals surface area contributed by atoms with Gasteiger partial charge in [0.25, 0.3) is 0 Å². The van der Waals surface area contributed by atoms with Crippen LogP contribution in [0.4, 0.5) is 23.7 Å². The molecule has 21 heavy (non-hydrogen) atoms. The molecule has 0 aromatic heterocycles. The fraction of sp³-hybridized carbons (Fsp3) is 0.500. The smallest absolute Gasteiger partial charge is 0.393 e. The molecule has 0 aliphatic heterocycles. The van der Waals surface area contributed by atoms with Gasteiger partial charge in [0.05, 0.1) is 11.7 Å². The average Bonchev–Trinajstić information content (AvgIpc) is 2.36. The van der Waals surface area contributed by atoms with E-state index in [-0.39, 0.29) is 18.1 Å². The van der Waals surface area contributed by atoms with E-state index in [1.54, 1.807) is 7.05 Å². The first-order valence-electron chi connectivity index (χ1n) is 6.63. The Balaban J connectivity index is 1.87. The summed E-state index contributed by atoms with van der Waals surface area (Å²) < 4.78 is 37.2. The van der Waals surface area contributed by atoms with Gasteiger partial charge in [0.1, 0.15) is 0 Å². The van der Waals surface area contributed by atoms with E-state index in [4.69, 9.17) is 0 Å². The Morgan fingerprint density at radius 3 is 2.38 bits per heavy atom. The summed E-state index contributed by atoms with van der Waals surface area (Å²) in [6.45, 7) is 0.517. The van der Waals surface area contributed by atoms with Crippen molar-refractivity contribution in [3.8, 4) is 0 Å². The van der Waals surface area contributed by atoms with Crippen LogP contribution in [0.25, 0.3) is 0 Å². The number of alkyl halides is 3. The van der Waals surface area contributed by atoms with Crippen molar-refractivity contribution >= 4 is 11.7 Å². The second-order valence-corrected chi connectivity index (χ2v) is 5.38. The molecule has 0 heterocycles. The molecule has 0 atom stereocenters. The molecule has 1 aromatic carbocycles. The number of aliphatic hydroxyl groups is 1. The van der Waals surface area contributed by atoms with Crippen molar-refractivity contribution in [1.29, 1.82) is 0 Å². The number of hydrogen-bond donors (Lipinski definition) is 2. The molecule has 7 heteroatoms. The molecule has 0 saturated heterocycles. The lowest BCUT2D eigenvalue weighted by Gasteiger charge is -2.34. The summed E-state index contributed by atoms with van der Waals surface area (Å²) in [7, 11) is 1.62. The first kappa shape index (κ1) is 15.6. The molecule has 116 valence electrons. The van der Waals surface area contributed by atoms with Crippen molar-refractivity contribution in [3.05, 3.63) is 29.8 Å². The number of urea groups is 1. The van der Waals surface area contributed by atoms with E-state index in [0.29, 0.717) is 25.1 Å². The van der Waals surface area contributed by atoms with E-state index in [2.05, 4.69) is 5.32 Å². The highest BCUT2D eigenvalue weighted by Crippen LogP contribution is 2.30. The van der Waals surface area contributed by atoms with Crippen molar-refractivity contribution in [2.75, 3.05) is 18.9 Å². The summed E-state index contributed by atoms with van der Waals surface area (Å²) in [6, 6.07) is 3.93. The minimum Gasteiger partial charge on any atom is -0.393 e. The van der Waals surface area contributed by atoms with Crippen molar-refractivity contribution in [2.45, 2.75) is 25.1 Å². The number of halogens is 3. The summed E-state index contributed by atoms with van der Waals surface area (Å²) in [6.07, 6.45) is -3.30. The summed E-state index contributed by atoms with van der Waals surface area (Å²) in [5.41, 5.74) is -0.439. The van der Waals surface area contributed by atoms with Crippen molar-refractivity contribution in [2.24, 2.45) is 5.92 Å². The predicted molar refractivity (Wildman–Crippen MR) is 71.8 cm³/mol. The largest absolute Gasteiger partial charge is 0.416 e. The quantitative estimate of drug-likeness (QED) is 0.902. The van der Waals surface area contributed by atoms with Gasteiger partial charge in [-0.2, -0.15) is 13.2 Å². The minimum absolute atomic E-state index is 0.277. The number of carbonyl (C=O) groups excluding carboxylic acids is 1. The van der Waals surface area contributed by atoms with E-state index >= 15 is 0 Å². The number of aliphatic hydroxyl groups excluding tert-OH is 1. The highest BCUT2D eigenvalue weighted by Gasteiger charge is 2.30. The Kier molecular flexibility index (Phi) is 4.41. The van der Waals surface area contributed by atoms with E-state index in [0.717, 1.165) is 12.1 Å². The first-order chi connectivity index (χ1) is 9.75.